The van der Waals surface area contributed by atoms with Crippen molar-refractivity contribution in [2.75, 3.05) is 0 Å². The van der Waals surface area contributed by atoms with Crippen molar-refractivity contribution in [1.82, 2.24) is 15.0 Å². The molecule has 0 unspecified atom stereocenters. The first-order valence-electron chi connectivity index (χ1n) is 20.1. The molecule has 60 heavy (non-hydrogen) atoms. The van der Waals surface area contributed by atoms with E-state index in [2.05, 4.69) is 212 Å². The molecule has 10 rings (SSSR count). The van der Waals surface area contributed by atoms with Gasteiger partial charge in [-0.15, -0.1) is 0 Å². The van der Waals surface area contributed by atoms with Crippen molar-refractivity contribution >= 4 is 0 Å². The zero-order chi connectivity index (χ0) is 40.1. The summed E-state index contributed by atoms with van der Waals surface area (Å²) in [6.45, 7) is 0. The van der Waals surface area contributed by atoms with Gasteiger partial charge >= 0.3 is 0 Å². The van der Waals surface area contributed by atoms with Crippen LogP contribution < -0.4 is 0 Å². The van der Waals surface area contributed by atoms with E-state index in [0.29, 0.717) is 17.5 Å². The molecule has 3 heteroatoms. The molecule has 0 atom stereocenters. The van der Waals surface area contributed by atoms with Crippen molar-refractivity contribution in [3.8, 4) is 101 Å². The largest absolute Gasteiger partial charge is 0.208 e. The molecule has 0 saturated heterocycles. The van der Waals surface area contributed by atoms with Crippen LogP contribution in [0.25, 0.3) is 101 Å². The third-order valence-corrected chi connectivity index (χ3v) is 10.9. The predicted octanol–water partition coefficient (Wildman–Crippen LogP) is 14.5. The Labute approximate surface area is 351 Å². The van der Waals surface area contributed by atoms with E-state index in [9.17, 15) is 0 Å². The highest BCUT2D eigenvalue weighted by Crippen LogP contribution is 2.33. The molecule has 0 radical (unpaired) electrons. The van der Waals surface area contributed by atoms with Crippen LogP contribution in [0.3, 0.4) is 0 Å². The zero-order valence-electron chi connectivity index (χ0n) is 32.7. The maximum absolute atomic E-state index is 5.17. The first kappa shape index (κ1) is 36.2. The van der Waals surface area contributed by atoms with E-state index in [-0.39, 0.29) is 0 Å². The Morgan fingerprint density at radius 3 is 0.833 bits per heavy atom. The molecule has 0 saturated carbocycles. The number of hydrogen-bond acceptors (Lipinski definition) is 3. The van der Waals surface area contributed by atoms with E-state index in [1.807, 2.05) is 24.3 Å². The van der Waals surface area contributed by atoms with Crippen molar-refractivity contribution in [2.24, 2.45) is 0 Å². The minimum atomic E-state index is 0.611. The van der Waals surface area contributed by atoms with Gasteiger partial charge in [-0.05, 0) is 103 Å². The van der Waals surface area contributed by atoms with Gasteiger partial charge in [0.2, 0.25) is 0 Å². The van der Waals surface area contributed by atoms with Crippen LogP contribution in [-0.4, -0.2) is 15.0 Å². The minimum absolute atomic E-state index is 0.611. The van der Waals surface area contributed by atoms with Gasteiger partial charge in [-0.1, -0.05) is 200 Å². The van der Waals surface area contributed by atoms with Crippen LogP contribution >= 0.6 is 0 Å². The van der Waals surface area contributed by atoms with Crippen molar-refractivity contribution in [2.45, 2.75) is 0 Å². The van der Waals surface area contributed by atoms with Crippen molar-refractivity contribution in [1.29, 1.82) is 0 Å². The zero-order valence-corrected chi connectivity index (χ0v) is 32.7. The van der Waals surface area contributed by atoms with E-state index in [1.54, 1.807) is 0 Å². The van der Waals surface area contributed by atoms with E-state index in [1.165, 1.54) is 22.3 Å². The molecule has 10 aromatic rings. The van der Waals surface area contributed by atoms with Crippen molar-refractivity contribution in [3.05, 3.63) is 237 Å². The molecule has 0 aliphatic carbocycles. The Morgan fingerprint density at radius 2 is 0.500 bits per heavy atom. The van der Waals surface area contributed by atoms with Gasteiger partial charge in [0.05, 0.1) is 0 Å². The van der Waals surface area contributed by atoms with Gasteiger partial charge in [0.25, 0.3) is 0 Å². The third-order valence-electron chi connectivity index (χ3n) is 10.9. The highest BCUT2D eigenvalue weighted by Gasteiger charge is 2.15. The minimum Gasteiger partial charge on any atom is -0.208 e. The van der Waals surface area contributed by atoms with Gasteiger partial charge in [-0.25, -0.2) is 15.0 Å². The molecule has 0 amide bonds. The number of aromatic nitrogens is 3. The summed E-state index contributed by atoms with van der Waals surface area (Å²) in [4.78, 5) is 15.5. The Hall–Kier alpha value is -8.19. The van der Waals surface area contributed by atoms with Crippen molar-refractivity contribution < 1.29 is 0 Å². The topological polar surface area (TPSA) is 38.7 Å². The Balaban J connectivity index is 1.03. The van der Waals surface area contributed by atoms with Crippen LogP contribution in [0.1, 0.15) is 0 Å². The predicted molar refractivity (Wildman–Crippen MR) is 246 cm³/mol. The molecule has 0 aliphatic rings. The molecule has 1 aromatic heterocycles. The number of rotatable bonds is 9. The van der Waals surface area contributed by atoms with Gasteiger partial charge in [0, 0.05) is 16.7 Å². The van der Waals surface area contributed by atoms with Gasteiger partial charge in [0.15, 0.2) is 17.5 Å². The highest BCUT2D eigenvalue weighted by molar-refractivity contribution is 5.79. The fourth-order valence-corrected chi connectivity index (χ4v) is 7.63. The summed E-state index contributed by atoms with van der Waals surface area (Å²) in [5.41, 5.74) is 16.4. The van der Waals surface area contributed by atoms with E-state index >= 15 is 0 Å². The summed E-state index contributed by atoms with van der Waals surface area (Å²) in [6, 6.07) is 84.3. The average Bonchev–Trinajstić information content (AvgIpc) is 3.35. The lowest BCUT2D eigenvalue weighted by molar-refractivity contribution is 1.07. The number of hydrogen-bond donors (Lipinski definition) is 0. The molecule has 3 nitrogen and oxygen atoms in total. The summed E-state index contributed by atoms with van der Waals surface area (Å²) in [7, 11) is 0. The molecule has 0 N–H and O–H groups in total. The first-order chi connectivity index (χ1) is 29.7. The van der Waals surface area contributed by atoms with Crippen molar-refractivity contribution in [3.63, 3.8) is 0 Å². The second-order valence-corrected chi connectivity index (χ2v) is 14.7. The fourth-order valence-electron chi connectivity index (χ4n) is 7.63. The molecule has 0 fully saturated rings. The van der Waals surface area contributed by atoms with Crippen LogP contribution in [-0.2, 0) is 0 Å². The lowest BCUT2D eigenvalue weighted by Gasteiger charge is -2.12. The quantitative estimate of drug-likeness (QED) is 0.147. The molecule has 9 aromatic carbocycles. The smallest absolute Gasteiger partial charge is 0.164 e. The number of benzene rings is 8. The molecule has 0 aliphatic heterocycles. The summed E-state index contributed by atoms with van der Waals surface area (Å²) in [6.07, 6.45) is 0. The monoisotopic (exact) mass is 763 g/mol. The second kappa shape index (κ2) is 16.3. The Kier molecular flexibility index (Phi) is 9.86. The summed E-state index contributed by atoms with van der Waals surface area (Å²) in [5, 5.41) is 0. The maximum atomic E-state index is 5.17. The summed E-state index contributed by atoms with van der Waals surface area (Å²) >= 11 is 0. The Morgan fingerprint density at radius 1 is 0.217 bits per heavy atom. The third kappa shape index (κ3) is 7.74. The van der Waals surface area contributed by atoms with Gasteiger partial charge < -0.3 is 0 Å². The normalized spacial score (nSPS) is 10.9. The van der Waals surface area contributed by atoms with E-state index < -0.39 is 0 Å². The summed E-state index contributed by atoms with van der Waals surface area (Å²) in [5.74, 6) is 1.84. The van der Waals surface area contributed by atoms with Crippen LogP contribution in [0.5, 0.6) is 0 Å². The maximum Gasteiger partial charge on any atom is 0.164 e. The number of nitrogens with zero attached hydrogens (tertiary/aromatic N) is 3. The van der Waals surface area contributed by atoms with E-state index in [4.69, 9.17) is 15.0 Å². The van der Waals surface area contributed by atoms with Gasteiger partial charge in [0.1, 0.15) is 0 Å². The standard InChI is InChI=1S/C57H37N3/c1-4-13-40(14-5-1)43-25-31-46(32-26-43)49-19-10-22-52(37-49)55-58-56(53-23-11-20-50(38-53)47-33-27-44(28-34-47)41-15-6-2-7-16-41)60-57(59-55)54-24-12-21-51(39-54)48-35-29-45(30-36-48)42-17-8-3-9-18-42/h1-2,4-8,10-39H. The fraction of sp³-hybridized carbons (Fsp3) is 0. The van der Waals surface area contributed by atoms with Gasteiger partial charge in [-0.2, -0.15) is 0 Å². The SMILES string of the molecule is c1ccc(-c2ccc(-c3cccc(-c4nc(-c5cccc(-c6ccc(-c7ccccc7)cc6)c5)nc(-c5cccc(-c6ccc(-c7ccccc7)cc6)c5)n4)c3)cc2)cc#1. The lowest BCUT2D eigenvalue weighted by atomic mass is 9.98. The van der Waals surface area contributed by atoms with E-state index in [0.717, 1.165) is 61.2 Å². The van der Waals surface area contributed by atoms with Gasteiger partial charge in [-0.3, -0.25) is 0 Å². The molecular formula is C57H37N3. The molecule has 0 bridgehead atoms. The average molecular weight is 764 g/mol. The van der Waals surface area contributed by atoms with Crippen LogP contribution in [0.15, 0.2) is 224 Å². The summed E-state index contributed by atoms with van der Waals surface area (Å²) < 4.78 is 0. The highest BCUT2D eigenvalue weighted by atomic mass is 15.0. The van der Waals surface area contributed by atoms with Crippen LogP contribution in [0, 0.1) is 12.1 Å². The molecule has 0 spiro atoms. The molecular weight excluding hydrogens is 727 g/mol. The first-order valence-corrected chi connectivity index (χ1v) is 20.1. The Bertz CT molecular complexity index is 2690. The van der Waals surface area contributed by atoms with Crippen LogP contribution in [0.4, 0.5) is 0 Å². The van der Waals surface area contributed by atoms with Crippen LogP contribution in [0.2, 0.25) is 0 Å². The second-order valence-electron chi connectivity index (χ2n) is 14.7. The lowest BCUT2D eigenvalue weighted by Crippen LogP contribution is -2.00. The molecule has 1 heterocycles. The molecule has 280 valence electrons.